The van der Waals surface area contributed by atoms with Gasteiger partial charge >= 0.3 is 0 Å². The number of hydrogen-bond acceptors (Lipinski definition) is 2. The molecule has 1 aromatic carbocycles. The number of para-hydroxylation sites is 1. The van der Waals surface area contributed by atoms with Gasteiger partial charge in [-0.15, -0.1) is 0 Å². The molecule has 0 radical (unpaired) electrons. The molecule has 0 unspecified atom stereocenters. The lowest BCUT2D eigenvalue weighted by molar-refractivity contribution is 0.510. The number of rotatable bonds is 0. The van der Waals surface area contributed by atoms with Crippen LogP contribution in [0.4, 0.5) is 0 Å². The van der Waals surface area contributed by atoms with Crippen LogP contribution in [-0.2, 0) is 0 Å². The standard InChI is InChI=1S/C13H11NO2/c1-7-11-9-5-3-4-6-10(9)14-13(15)12(11)8(2)16-7/h3-6H,1-2H3,(H,14,15). The lowest BCUT2D eigenvalue weighted by atomic mass is 10.1. The van der Waals surface area contributed by atoms with Crippen LogP contribution >= 0.6 is 0 Å². The predicted molar refractivity (Wildman–Crippen MR) is 63.8 cm³/mol. The Hall–Kier alpha value is -2.03. The van der Waals surface area contributed by atoms with E-state index in [1.54, 1.807) is 0 Å². The van der Waals surface area contributed by atoms with E-state index in [1.807, 2.05) is 38.1 Å². The van der Waals surface area contributed by atoms with Crippen molar-refractivity contribution < 1.29 is 4.42 Å². The van der Waals surface area contributed by atoms with E-state index in [2.05, 4.69) is 4.98 Å². The summed E-state index contributed by atoms with van der Waals surface area (Å²) in [5.41, 5.74) is 0.770. The molecule has 80 valence electrons. The highest BCUT2D eigenvalue weighted by Gasteiger charge is 2.13. The van der Waals surface area contributed by atoms with Gasteiger partial charge in [0.2, 0.25) is 0 Å². The maximum atomic E-state index is 11.9. The van der Waals surface area contributed by atoms with Crippen molar-refractivity contribution in [2.75, 3.05) is 0 Å². The summed E-state index contributed by atoms with van der Waals surface area (Å²) in [4.78, 5) is 14.8. The number of pyridine rings is 1. The summed E-state index contributed by atoms with van der Waals surface area (Å²) in [6.45, 7) is 3.71. The highest BCUT2D eigenvalue weighted by molar-refractivity contribution is 6.07. The second-order valence-corrected chi connectivity index (χ2v) is 3.96. The number of nitrogens with one attached hydrogen (secondary N) is 1. The first-order valence-corrected chi connectivity index (χ1v) is 5.19. The van der Waals surface area contributed by atoms with Gasteiger partial charge in [-0.05, 0) is 19.9 Å². The molecule has 2 aromatic heterocycles. The van der Waals surface area contributed by atoms with Crippen molar-refractivity contribution >= 4 is 21.7 Å². The molecule has 0 atom stereocenters. The van der Waals surface area contributed by atoms with Gasteiger partial charge in [0, 0.05) is 16.3 Å². The minimum atomic E-state index is -0.0805. The molecule has 0 spiro atoms. The molecule has 0 aliphatic heterocycles. The van der Waals surface area contributed by atoms with Crippen LogP contribution < -0.4 is 5.56 Å². The number of furan rings is 1. The Morgan fingerprint density at radius 3 is 2.56 bits per heavy atom. The summed E-state index contributed by atoms with van der Waals surface area (Å²) < 4.78 is 5.53. The van der Waals surface area contributed by atoms with Gasteiger partial charge in [-0.3, -0.25) is 4.79 Å². The molecule has 1 N–H and O–H groups in total. The van der Waals surface area contributed by atoms with Crippen molar-refractivity contribution in [1.82, 2.24) is 4.98 Å². The summed E-state index contributed by atoms with van der Waals surface area (Å²) in [6, 6.07) is 7.77. The number of aromatic amines is 1. The zero-order valence-electron chi connectivity index (χ0n) is 9.13. The number of H-pyrrole nitrogens is 1. The highest BCUT2D eigenvalue weighted by Crippen LogP contribution is 2.28. The Bertz CT molecular complexity index is 750. The maximum absolute atomic E-state index is 11.9. The van der Waals surface area contributed by atoms with E-state index in [0.717, 1.165) is 22.0 Å². The molecule has 3 rings (SSSR count). The highest BCUT2D eigenvalue weighted by atomic mass is 16.3. The van der Waals surface area contributed by atoms with Gasteiger partial charge in [0.25, 0.3) is 5.56 Å². The van der Waals surface area contributed by atoms with Gasteiger partial charge in [-0.2, -0.15) is 0 Å². The van der Waals surface area contributed by atoms with Crippen LogP contribution in [0.2, 0.25) is 0 Å². The van der Waals surface area contributed by atoms with Crippen LogP contribution in [0.15, 0.2) is 33.5 Å². The van der Waals surface area contributed by atoms with E-state index in [-0.39, 0.29) is 5.56 Å². The van der Waals surface area contributed by atoms with E-state index in [1.165, 1.54) is 0 Å². The fourth-order valence-corrected chi connectivity index (χ4v) is 2.28. The van der Waals surface area contributed by atoms with Gasteiger partial charge in [0.1, 0.15) is 11.5 Å². The molecule has 0 bridgehead atoms. The summed E-state index contributed by atoms with van der Waals surface area (Å²) in [5.74, 6) is 1.48. The number of aryl methyl sites for hydroxylation is 2. The molecule has 3 heteroatoms. The molecular formula is C13H11NO2. The Kier molecular flexibility index (Phi) is 1.72. The fourth-order valence-electron chi connectivity index (χ4n) is 2.28. The first-order chi connectivity index (χ1) is 7.68. The molecule has 3 aromatic rings. The van der Waals surface area contributed by atoms with Crippen molar-refractivity contribution in [1.29, 1.82) is 0 Å². The van der Waals surface area contributed by atoms with Crippen LogP contribution in [-0.4, -0.2) is 4.98 Å². The lowest BCUT2D eigenvalue weighted by Gasteiger charge is -1.99. The number of fused-ring (bicyclic) bond motifs is 3. The van der Waals surface area contributed by atoms with E-state index in [4.69, 9.17) is 4.42 Å². The van der Waals surface area contributed by atoms with Crippen LogP contribution in [0.3, 0.4) is 0 Å². The van der Waals surface area contributed by atoms with Crippen molar-refractivity contribution in [3.8, 4) is 0 Å². The fraction of sp³-hybridized carbons (Fsp3) is 0.154. The molecule has 0 amide bonds. The maximum Gasteiger partial charge on any atom is 0.259 e. The molecule has 3 nitrogen and oxygen atoms in total. The molecule has 0 aliphatic carbocycles. The minimum absolute atomic E-state index is 0.0805. The van der Waals surface area contributed by atoms with Crippen LogP contribution in [0.1, 0.15) is 11.5 Å². The smallest absolute Gasteiger partial charge is 0.259 e. The molecular weight excluding hydrogens is 202 g/mol. The van der Waals surface area contributed by atoms with Crippen LogP contribution in [0.25, 0.3) is 21.7 Å². The molecule has 0 aliphatic rings. The van der Waals surface area contributed by atoms with Gasteiger partial charge in [-0.25, -0.2) is 0 Å². The predicted octanol–water partition coefficient (Wildman–Crippen LogP) is 2.89. The van der Waals surface area contributed by atoms with E-state index >= 15 is 0 Å². The third-order valence-corrected chi connectivity index (χ3v) is 2.93. The summed E-state index contributed by atoms with van der Waals surface area (Å²) in [5, 5.41) is 2.62. The number of aromatic nitrogens is 1. The van der Waals surface area contributed by atoms with Crippen molar-refractivity contribution in [3.05, 3.63) is 46.1 Å². The Labute approximate surface area is 91.7 Å². The summed E-state index contributed by atoms with van der Waals surface area (Å²) in [6.07, 6.45) is 0. The average molecular weight is 213 g/mol. The van der Waals surface area contributed by atoms with Gasteiger partial charge in [0.15, 0.2) is 0 Å². The minimum Gasteiger partial charge on any atom is -0.465 e. The van der Waals surface area contributed by atoms with Crippen molar-refractivity contribution in [2.24, 2.45) is 0 Å². The molecule has 2 heterocycles. The zero-order chi connectivity index (χ0) is 11.3. The third-order valence-electron chi connectivity index (χ3n) is 2.93. The van der Waals surface area contributed by atoms with E-state index in [9.17, 15) is 4.79 Å². The van der Waals surface area contributed by atoms with Crippen molar-refractivity contribution in [2.45, 2.75) is 13.8 Å². The van der Waals surface area contributed by atoms with Gasteiger partial charge in [-0.1, -0.05) is 18.2 Å². The van der Waals surface area contributed by atoms with E-state index in [0.29, 0.717) is 11.1 Å². The van der Waals surface area contributed by atoms with Gasteiger partial charge < -0.3 is 9.40 Å². The van der Waals surface area contributed by atoms with Crippen molar-refractivity contribution in [3.63, 3.8) is 0 Å². The molecule has 16 heavy (non-hydrogen) atoms. The lowest BCUT2D eigenvalue weighted by Crippen LogP contribution is -2.05. The van der Waals surface area contributed by atoms with Crippen LogP contribution in [0, 0.1) is 13.8 Å². The van der Waals surface area contributed by atoms with Gasteiger partial charge in [0.05, 0.1) is 5.39 Å². The topological polar surface area (TPSA) is 46.0 Å². The second-order valence-electron chi connectivity index (χ2n) is 3.96. The largest absolute Gasteiger partial charge is 0.465 e. The Morgan fingerprint density at radius 1 is 1.06 bits per heavy atom. The normalized spacial score (nSPS) is 11.4. The summed E-state index contributed by atoms with van der Waals surface area (Å²) in [7, 11) is 0. The first-order valence-electron chi connectivity index (χ1n) is 5.19. The Balaban J connectivity index is 2.74. The monoisotopic (exact) mass is 213 g/mol. The third kappa shape index (κ3) is 1.05. The molecule has 0 fully saturated rings. The average Bonchev–Trinajstić information content (AvgIpc) is 2.55. The quantitative estimate of drug-likeness (QED) is 0.624. The Morgan fingerprint density at radius 2 is 1.75 bits per heavy atom. The van der Waals surface area contributed by atoms with E-state index < -0.39 is 0 Å². The molecule has 0 saturated heterocycles. The second kappa shape index (κ2) is 2.98. The van der Waals surface area contributed by atoms with Crippen LogP contribution in [0.5, 0.6) is 0 Å². The number of benzene rings is 1. The SMILES string of the molecule is Cc1oc(C)c2c1c(=O)[nH]c1ccccc12. The number of hydrogen-bond donors (Lipinski definition) is 1. The molecule has 0 saturated carbocycles. The first kappa shape index (κ1) is 9.21. The zero-order valence-corrected chi connectivity index (χ0v) is 9.13. The summed E-state index contributed by atoms with van der Waals surface area (Å²) >= 11 is 0.